The van der Waals surface area contributed by atoms with Crippen molar-refractivity contribution in [2.45, 2.75) is 26.4 Å². The quantitative estimate of drug-likeness (QED) is 0.509. The molecule has 0 unspecified atom stereocenters. The third-order valence-corrected chi connectivity index (χ3v) is 4.53. The molecule has 0 aliphatic rings. The number of nitrogens with one attached hydrogen (secondary N) is 1. The molecular formula is C19H18ClF3N3O+. The zero-order valence-electron chi connectivity index (χ0n) is 14.8. The van der Waals surface area contributed by atoms with Gasteiger partial charge in [0.05, 0.1) is 6.54 Å². The lowest BCUT2D eigenvalue weighted by atomic mass is 10.1. The first kappa shape index (κ1) is 19.2. The van der Waals surface area contributed by atoms with Crippen molar-refractivity contribution in [2.75, 3.05) is 7.05 Å². The molecule has 27 heavy (non-hydrogen) atoms. The largest absolute Gasteiger partial charge is 0.329 e. The molecule has 1 N–H and O–H groups in total. The van der Waals surface area contributed by atoms with Crippen LogP contribution in [0.25, 0.3) is 11.0 Å². The van der Waals surface area contributed by atoms with Gasteiger partial charge < -0.3 is 4.90 Å². The summed E-state index contributed by atoms with van der Waals surface area (Å²) in [6.07, 6.45) is 0.835. The van der Waals surface area contributed by atoms with E-state index in [-0.39, 0.29) is 6.54 Å². The summed E-state index contributed by atoms with van der Waals surface area (Å²) >= 11 is 6.08. The van der Waals surface area contributed by atoms with E-state index >= 15 is 0 Å². The van der Waals surface area contributed by atoms with Gasteiger partial charge in [0, 0.05) is 18.1 Å². The Kier molecular flexibility index (Phi) is 5.41. The third kappa shape index (κ3) is 3.64. The summed E-state index contributed by atoms with van der Waals surface area (Å²) in [4.78, 5) is 16.9. The average molecular weight is 397 g/mol. The topological polar surface area (TPSA) is 40.0 Å². The van der Waals surface area contributed by atoms with Gasteiger partial charge in [-0.05, 0) is 30.7 Å². The molecule has 0 aliphatic carbocycles. The van der Waals surface area contributed by atoms with E-state index in [0.29, 0.717) is 23.5 Å². The number of H-pyrrole nitrogens is 1. The van der Waals surface area contributed by atoms with Crippen molar-refractivity contribution in [3.05, 3.63) is 64.2 Å². The van der Waals surface area contributed by atoms with Gasteiger partial charge in [0.2, 0.25) is 0 Å². The summed E-state index contributed by atoms with van der Waals surface area (Å²) in [5.41, 5.74) is 0.786. The summed E-state index contributed by atoms with van der Waals surface area (Å²) in [6.45, 7) is 2.73. The number of rotatable bonds is 5. The van der Waals surface area contributed by atoms with E-state index in [1.54, 1.807) is 12.1 Å². The third-order valence-electron chi connectivity index (χ3n) is 4.29. The van der Waals surface area contributed by atoms with E-state index in [4.69, 9.17) is 11.6 Å². The van der Waals surface area contributed by atoms with Crippen molar-refractivity contribution in [1.82, 2.24) is 9.88 Å². The smallest absolute Gasteiger partial charge is 0.275 e. The molecule has 3 aromatic rings. The molecule has 0 aliphatic heterocycles. The summed E-state index contributed by atoms with van der Waals surface area (Å²) in [5, 5.41) is 0.575. The number of fused-ring (bicyclic) bond motifs is 1. The molecule has 8 heteroatoms. The lowest BCUT2D eigenvalue weighted by Gasteiger charge is -2.16. The van der Waals surface area contributed by atoms with E-state index < -0.39 is 28.9 Å². The van der Waals surface area contributed by atoms with Gasteiger partial charge in [-0.2, -0.15) is 0 Å². The van der Waals surface area contributed by atoms with Crippen LogP contribution in [0.5, 0.6) is 0 Å². The number of carbonyl (C=O) groups excluding carboxylic acids is 1. The number of halogens is 4. The fourth-order valence-corrected chi connectivity index (χ4v) is 3.18. The van der Waals surface area contributed by atoms with Crippen LogP contribution in [0.15, 0.2) is 30.3 Å². The second-order valence-corrected chi connectivity index (χ2v) is 6.70. The Morgan fingerprint density at radius 2 is 1.89 bits per heavy atom. The molecule has 0 fully saturated rings. The van der Waals surface area contributed by atoms with Gasteiger partial charge in [-0.15, -0.1) is 0 Å². The summed E-state index contributed by atoms with van der Waals surface area (Å²) in [7, 11) is 1.40. The zero-order chi connectivity index (χ0) is 19.7. The molecule has 3 rings (SSSR count). The van der Waals surface area contributed by atoms with Gasteiger partial charge >= 0.3 is 0 Å². The molecule has 0 saturated heterocycles. The van der Waals surface area contributed by atoms with Crippen molar-refractivity contribution >= 4 is 28.5 Å². The van der Waals surface area contributed by atoms with Gasteiger partial charge in [0.25, 0.3) is 11.7 Å². The lowest BCUT2D eigenvalue weighted by Crippen LogP contribution is -2.40. The number of nitrogens with zero attached hydrogens (tertiary/aromatic N) is 2. The van der Waals surface area contributed by atoms with Crippen LogP contribution in [0, 0.1) is 17.5 Å². The maximum Gasteiger partial charge on any atom is 0.275 e. The molecule has 2 aromatic carbocycles. The van der Waals surface area contributed by atoms with Crippen molar-refractivity contribution in [1.29, 1.82) is 0 Å². The monoisotopic (exact) mass is 396 g/mol. The first-order chi connectivity index (χ1) is 12.8. The number of amides is 1. The van der Waals surface area contributed by atoms with Gasteiger partial charge in [0.15, 0.2) is 22.7 Å². The van der Waals surface area contributed by atoms with Crippen molar-refractivity contribution < 1.29 is 22.5 Å². The predicted octanol–water partition coefficient (Wildman–Crippen LogP) is 4.21. The Morgan fingerprint density at radius 3 is 2.59 bits per heavy atom. The zero-order valence-corrected chi connectivity index (χ0v) is 15.6. The molecule has 142 valence electrons. The highest BCUT2D eigenvalue weighted by Gasteiger charge is 2.27. The number of hydrogen-bond acceptors (Lipinski definition) is 1. The highest BCUT2D eigenvalue weighted by molar-refractivity contribution is 6.31. The Balaban J connectivity index is 1.96. The lowest BCUT2D eigenvalue weighted by molar-refractivity contribution is -0.679. The molecule has 1 amide bonds. The Morgan fingerprint density at radius 1 is 1.19 bits per heavy atom. The van der Waals surface area contributed by atoms with Crippen molar-refractivity contribution in [3.63, 3.8) is 0 Å². The predicted molar refractivity (Wildman–Crippen MR) is 95.9 cm³/mol. The van der Waals surface area contributed by atoms with Gasteiger partial charge in [-0.25, -0.2) is 22.7 Å². The summed E-state index contributed by atoms with van der Waals surface area (Å²) < 4.78 is 43.2. The number of carbonyl (C=O) groups is 1. The van der Waals surface area contributed by atoms with Crippen LogP contribution in [-0.4, -0.2) is 22.8 Å². The van der Waals surface area contributed by atoms with Crippen LogP contribution in [0.3, 0.4) is 0 Å². The molecule has 0 spiro atoms. The molecule has 0 bridgehead atoms. The Hall–Kier alpha value is -2.54. The SMILES string of the molecule is CCC[n+]1c(CN(C)C(=O)c2c(F)ccc(F)c2F)[nH]c2ccc(Cl)cc21. The minimum absolute atomic E-state index is 0.0561. The van der Waals surface area contributed by atoms with E-state index in [1.807, 2.05) is 17.6 Å². The molecule has 1 heterocycles. The second kappa shape index (κ2) is 7.60. The van der Waals surface area contributed by atoms with Crippen LogP contribution in [-0.2, 0) is 13.1 Å². The maximum atomic E-state index is 13.9. The molecule has 0 atom stereocenters. The van der Waals surface area contributed by atoms with E-state index in [2.05, 4.69) is 4.98 Å². The van der Waals surface area contributed by atoms with Gasteiger partial charge in [-0.3, -0.25) is 4.79 Å². The van der Waals surface area contributed by atoms with E-state index in [1.165, 1.54) is 7.05 Å². The highest BCUT2D eigenvalue weighted by atomic mass is 35.5. The maximum absolute atomic E-state index is 13.9. The van der Waals surface area contributed by atoms with Gasteiger partial charge in [-0.1, -0.05) is 18.5 Å². The van der Waals surface area contributed by atoms with Crippen molar-refractivity contribution in [2.24, 2.45) is 0 Å². The van der Waals surface area contributed by atoms with E-state index in [0.717, 1.165) is 28.4 Å². The number of hydrogen-bond donors (Lipinski definition) is 1. The number of aromatic nitrogens is 2. The fraction of sp³-hybridized carbons (Fsp3) is 0.263. The van der Waals surface area contributed by atoms with Gasteiger partial charge in [0.1, 0.15) is 17.9 Å². The summed E-state index contributed by atoms with van der Waals surface area (Å²) in [5.74, 6) is -4.13. The average Bonchev–Trinajstić information content (AvgIpc) is 2.95. The van der Waals surface area contributed by atoms with Crippen LogP contribution in [0.4, 0.5) is 13.2 Å². The molecule has 0 saturated carbocycles. The number of aromatic amines is 1. The normalized spacial score (nSPS) is 11.2. The first-order valence-electron chi connectivity index (χ1n) is 8.42. The van der Waals surface area contributed by atoms with Crippen LogP contribution < -0.4 is 4.57 Å². The van der Waals surface area contributed by atoms with E-state index in [9.17, 15) is 18.0 Å². The first-order valence-corrected chi connectivity index (χ1v) is 8.80. The number of imidazole rings is 1. The number of aryl methyl sites for hydroxylation is 1. The number of benzene rings is 2. The Bertz CT molecular complexity index is 1020. The standard InChI is InChI=1S/C19H17ClF3N3O/c1-3-8-26-15-9-11(20)4-7-14(15)24-16(26)10-25(2)19(27)17-12(21)5-6-13(22)18(17)23/h4-7,9H,3,8,10H2,1-2H3/p+1. The minimum atomic E-state index is -1.49. The van der Waals surface area contributed by atoms with Crippen molar-refractivity contribution in [3.8, 4) is 0 Å². The molecule has 1 aromatic heterocycles. The highest BCUT2D eigenvalue weighted by Crippen LogP contribution is 2.20. The van der Waals surface area contributed by atoms with Crippen LogP contribution >= 0.6 is 11.6 Å². The summed E-state index contributed by atoms with van der Waals surface area (Å²) in [6, 6.07) is 6.76. The van der Waals surface area contributed by atoms with Crippen LogP contribution in [0.2, 0.25) is 5.02 Å². The minimum Gasteiger partial charge on any atom is -0.329 e. The molecule has 4 nitrogen and oxygen atoms in total. The van der Waals surface area contributed by atoms with Crippen LogP contribution in [0.1, 0.15) is 29.5 Å². The molecular weight excluding hydrogens is 379 g/mol. The molecule has 0 radical (unpaired) electrons. The second-order valence-electron chi connectivity index (χ2n) is 6.26. The fourth-order valence-electron chi connectivity index (χ4n) is 3.02. The Labute approximate surface area is 159 Å².